The van der Waals surface area contributed by atoms with Crippen molar-refractivity contribution in [3.8, 4) is 11.1 Å². The summed E-state index contributed by atoms with van der Waals surface area (Å²) < 4.78 is 44.7. The molecule has 21 heavy (non-hydrogen) atoms. The van der Waals surface area contributed by atoms with E-state index in [1.807, 2.05) is 0 Å². The molecule has 0 aliphatic carbocycles. The number of rotatable bonds is 3. The van der Waals surface area contributed by atoms with Gasteiger partial charge in [0.1, 0.15) is 10.6 Å². The summed E-state index contributed by atoms with van der Waals surface area (Å²) in [6.45, 7) is 0. The van der Waals surface area contributed by atoms with E-state index in [0.29, 0.717) is 11.1 Å². The predicted octanol–water partition coefficient (Wildman–Crippen LogP) is 4.38. The van der Waals surface area contributed by atoms with Crippen LogP contribution in [0.15, 0.2) is 36.4 Å². The first-order valence-electron chi connectivity index (χ1n) is 5.91. The first kappa shape index (κ1) is 15.6. The maximum atomic E-state index is 14.1. The van der Waals surface area contributed by atoms with Gasteiger partial charge in [0.15, 0.2) is 11.6 Å². The van der Waals surface area contributed by atoms with Crippen molar-refractivity contribution in [3.05, 3.63) is 59.4 Å². The molecular weight excluding hydrogens is 349 g/mol. The van der Waals surface area contributed by atoms with Crippen molar-refractivity contribution < 1.29 is 22.7 Å². The SMILES string of the molecule is COC(=O)C(Br)c1ccc(-c2ccc(F)c(F)c2)cc1F. The molecule has 110 valence electrons. The second kappa shape index (κ2) is 6.30. The van der Waals surface area contributed by atoms with E-state index < -0.39 is 28.2 Å². The second-order valence-corrected chi connectivity index (χ2v) is 5.17. The van der Waals surface area contributed by atoms with Crippen LogP contribution in [0.2, 0.25) is 0 Å². The van der Waals surface area contributed by atoms with Crippen molar-refractivity contribution in [2.24, 2.45) is 0 Å². The van der Waals surface area contributed by atoms with Gasteiger partial charge in [-0.1, -0.05) is 34.1 Å². The number of alkyl halides is 1. The zero-order valence-corrected chi connectivity index (χ0v) is 12.5. The quantitative estimate of drug-likeness (QED) is 0.601. The third kappa shape index (κ3) is 3.26. The Balaban J connectivity index is 2.38. The van der Waals surface area contributed by atoms with Gasteiger partial charge in [0.2, 0.25) is 0 Å². The summed E-state index contributed by atoms with van der Waals surface area (Å²) in [4.78, 5) is 10.4. The van der Waals surface area contributed by atoms with Gasteiger partial charge in [-0.3, -0.25) is 4.79 Å². The lowest BCUT2D eigenvalue weighted by Crippen LogP contribution is -2.09. The van der Waals surface area contributed by atoms with Crippen LogP contribution in [0.4, 0.5) is 13.2 Å². The average molecular weight is 359 g/mol. The summed E-state index contributed by atoms with van der Waals surface area (Å²) in [6, 6.07) is 7.36. The van der Waals surface area contributed by atoms with Crippen molar-refractivity contribution in [1.82, 2.24) is 0 Å². The normalized spacial score (nSPS) is 12.0. The molecule has 0 saturated heterocycles. The highest BCUT2D eigenvalue weighted by Gasteiger charge is 2.21. The Labute approximate surface area is 127 Å². The lowest BCUT2D eigenvalue weighted by Gasteiger charge is -2.10. The molecule has 0 spiro atoms. The van der Waals surface area contributed by atoms with Crippen LogP contribution in [-0.4, -0.2) is 13.1 Å². The van der Waals surface area contributed by atoms with Crippen LogP contribution in [0.3, 0.4) is 0 Å². The zero-order valence-electron chi connectivity index (χ0n) is 10.9. The molecule has 0 aliphatic rings. The lowest BCUT2D eigenvalue weighted by atomic mass is 10.0. The van der Waals surface area contributed by atoms with Gasteiger partial charge in [-0.25, -0.2) is 13.2 Å². The van der Waals surface area contributed by atoms with Gasteiger partial charge >= 0.3 is 5.97 Å². The standard InChI is InChI=1S/C15H10BrF3O2/c1-21-15(20)14(16)10-4-2-8(6-12(10)18)9-3-5-11(17)13(19)7-9/h2-7,14H,1H3. The largest absolute Gasteiger partial charge is 0.468 e. The highest BCUT2D eigenvalue weighted by atomic mass is 79.9. The fourth-order valence-corrected chi connectivity index (χ4v) is 2.38. The number of hydrogen-bond acceptors (Lipinski definition) is 2. The summed E-state index contributed by atoms with van der Waals surface area (Å²) >= 11 is 3.04. The third-order valence-corrected chi connectivity index (χ3v) is 3.80. The lowest BCUT2D eigenvalue weighted by molar-refractivity contribution is -0.139. The molecule has 0 amide bonds. The Bertz CT molecular complexity index is 689. The first-order valence-corrected chi connectivity index (χ1v) is 6.82. The minimum Gasteiger partial charge on any atom is -0.468 e. The molecular formula is C15H10BrF3O2. The van der Waals surface area contributed by atoms with Crippen molar-refractivity contribution in [1.29, 1.82) is 0 Å². The Hall–Kier alpha value is -1.82. The van der Waals surface area contributed by atoms with E-state index in [2.05, 4.69) is 20.7 Å². The summed E-state index contributed by atoms with van der Waals surface area (Å²) in [6.07, 6.45) is 0. The smallest absolute Gasteiger partial charge is 0.324 e. The fraction of sp³-hybridized carbons (Fsp3) is 0.133. The Morgan fingerprint density at radius 3 is 2.10 bits per heavy atom. The van der Waals surface area contributed by atoms with Gasteiger partial charge in [-0.2, -0.15) is 0 Å². The van der Waals surface area contributed by atoms with Gasteiger partial charge in [0, 0.05) is 5.56 Å². The first-order chi connectivity index (χ1) is 9.93. The van der Waals surface area contributed by atoms with E-state index in [1.165, 1.54) is 25.3 Å². The van der Waals surface area contributed by atoms with Crippen LogP contribution in [0, 0.1) is 17.5 Å². The molecule has 0 aromatic heterocycles. The Morgan fingerprint density at radius 2 is 1.57 bits per heavy atom. The predicted molar refractivity (Wildman–Crippen MR) is 75.4 cm³/mol. The molecule has 2 aromatic rings. The number of benzene rings is 2. The van der Waals surface area contributed by atoms with E-state index in [0.717, 1.165) is 18.2 Å². The molecule has 0 heterocycles. The summed E-state index contributed by atoms with van der Waals surface area (Å²) in [5.74, 6) is -3.26. The van der Waals surface area contributed by atoms with Crippen molar-refractivity contribution in [2.45, 2.75) is 4.83 Å². The van der Waals surface area contributed by atoms with Gasteiger partial charge in [-0.15, -0.1) is 0 Å². The van der Waals surface area contributed by atoms with Crippen LogP contribution >= 0.6 is 15.9 Å². The number of esters is 1. The monoisotopic (exact) mass is 358 g/mol. The van der Waals surface area contributed by atoms with E-state index in [-0.39, 0.29) is 5.56 Å². The number of carbonyl (C=O) groups excluding carboxylic acids is 1. The van der Waals surface area contributed by atoms with E-state index in [1.54, 1.807) is 0 Å². The minimum atomic E-state index is -1.01. The Kier molecular flexibility index (Phi) is 4.67. The number of methoxy groups -OCH3 is 1. The summed E-state index contributed by atoms with van der Waals surface area (Å²) in [5.41, 5.74) is 0.816. The molecule has 0 aliphatic heterocycles. The molecule has 1 unspecified atom stereocenters. The van der Waals surface area contributed by atoms with Gasteiger partial charge in [-0.05, 0) is 29.3 Å². The van der Waals surface area contributed by atoms with Crippen molar-refractivity contribution in [3.63, 3.8) is 0 Å². The van der Waals surface area contributed by atoms with Crippen molar-refractivity contribution >= 4 is 21.9 Å². The zero-order chi connectivity index (χ0) is 15.6. The number of halogens is 4. The number of carbonyl (C=O) groups is 1. The van der Waals surface area contributed by atoms with Crippen LogP contribution < -0.4 is 0 Å². The molecule has 0 saturated carbocycles. The molecule has 0 radical (unpaired) electrons. The maximum absolute atomic E-state index is 14.1. The molecule has 1 atom stereocenters. The van der Waals surface area contributed by atoms with Gasteiger partial charge in [0.25, 0.3) is 0 Å². The molecule has 2 nitrogen and oxygen atoms in total. The molecule has 2 rings (SSSR count). The average Bonchev–Trinajstić information content (AvgIpc) is 2.48. The molecule has 0 N–H and O–H groups in total. The summed E-state index contributed by atoms with van der Waals surface area (Å²) in [5, 5.41) is 0. The fourth-order valence-electron chi connectivity index (χ4n) is 1.82. The highest BCUT2D eigenvalue weighted by molar-refractivity contribution is 9.09. The molecule has 2 aromatic carbocycles. The van der Waals surface area contributed by atoms with Gasteiger partial charge < -0.3 is 4.74 Å². The number of hydrogen-bond donors (Lipinski definition) is 0. The molecule has 6 heteroatoms. The second-order valence-electron chi connectivity index (χ2n) is 4.25. The topological polar surface area (TPSA) is 26.3 Å². The van der Waals surface area contributed by atoms with Crippen LogP contribution in [0.1, 0.15) is 10.4 Å². The molecule has 0 fully saturated rings. The third-order valence-electron chi connectivity index (χ3n) is 2.93. The number of ether oxygens (including phenoxy) is 1. The van der Waals surface area contributed by atoms with Gasteiger partial charge in [0.05, 0.1) is 7.11 Å². The van der Waals surface area contributed by atoms with Crippen LogP contribution in [0.5, 0.6) is 0 Å². The maximum Gasteiger partial charge on any atom is 0.324 e. The van der Waals surface area contributed by atoms with Crippen molar-refractivity contribution in [2.75, 3.05) is 7.11 Å². The summed E-state index contributed by atoms with van der Waals surface area (Å²) in [7, 11) is 1.20. The minimum absolute atomic E-state index is 0.105. The van der Waals surface area contributed by atoms with Crippen LogP contribution in [0.25, 0.3) is 11.1 Å². The van der Waals surface area contributed by atoms with E-state index >= 15 is 0 Å². The van der Waals surface area contributed by atoms with E-state index in [4.69, 9.17) is 0 Å². The van der Waals surface area contributed by atoms with Crippen LogP contribution in [-0.2, 0) is 9.53 Å². The highest BCUT2D eigenvalue weighted by Crippen LogP contribution is 2.30. The molecule has 0 bridgehead atoms. The Morgan fingerprint density at radius 1 is 1.00 bits per heavy atom. The van der Waals surface area contributed by atoms with E-state index in [9.17, 15) is 18.0 Å².